The molecule has 0 radical (unpaired) electrons. The molecule has 0 amide bonds. The number of esters is 1. The summed E-state index contributed by atoms with van der Waals surface area (Å²) < 4.78 is 4.89. The normalized spacial score (nSPS) is 16.8. The van der Waals surface area contributed by atoms with Crippen molar-refractivity contribution in [2.24, 2.45) is 0 Å². The minimum absolute atomic E-state index is 0.360. The molecule has 5 rings (SSSR count). The summed E-state index contributed by atoms with van der Waals surface area (Å²) in [6.07, 6.45) is 10.8. The van der Waals surface area contributed by atoms with E-state index in [1.807, 2.05) is 6.07 Å². The van der Waals surface area contributed by atoms with E-state index in [1.54, 1.807) is 12.1 Å². The molecule has 0 atom stereocenters. The van der Waals surface area contributed by atoms with Crippen molar-refractivity contribution in [3.63, 3.8) is 0 Å². The molecule has 1 saturated heterocycles. The van der Waals surface area contributed by atoms with Gasteiger partial charge in [-0.05, 0) is 60.9 Å². The second kappa shape index (κ2) is 8.95. The number of anilines is 1. The molecule has 0 N–H and O–H groups in total. The predicted octanol–water partition coefficient (Wildman–Crippen LogP) is 5.53. The van der Waals surface area contributed by atoms with Crippen LogP contribution in [0.3, 0.4) is 0 Å². The number of fused-ring (bicyclic) bond motifs is 1. The molecule has 1 aliphatic heterocycles. The van der Waals surface area contributed by atoms with E-state index >= 15 is 0 Å². The number of rotatable bonds is 4. The summed E-state index contributed by atoms with van der Waals surface area (Å²) in [4.78, 5) is 24.4. The van der Waals surface area contributed by atoms with Crippen LogP contribution >= 0.6 is 0 Å². The molecule has 0 unspecified atom stereocenters. The van der Waals surface area contributed by atoms with E-state index in [2.05, 4.69) is 53.5 Å². The van der Waals surface area contributed by atoms with Crippen molar-refractivity contribution < 1.29 is 9.53 Å². The summed E-state index contributed by atoms with van der Waals surface area (Å²) in [5, 5.41) is 0. The van der Waals surface area contributed by atoms with Crippen LogP contribution in [0.25, 0.3) is 16.6 Å². The minimum Gasteiger partial charge on any atom is -0.465 e. The van der Waals surface area contributed by atoms with E-state index in [0.29, 0.717) is 11.5 Å². The SMILES string of the molecule is COC(=O)c1ccc2nc(C3=CCCC=C3)c(N3CCC(c4ccccc4)CC3)nc2c1. The highest BCUT2D eigenvalue weighted by molar-refractivity contribution is 5.94. The molecule has 3 aromatic rings. The number of ether oxygens (including phenoxy) is 1. The fourth-order valence-corrected chi connectivity index (χ4v) is 4.64. The average molecular weight is 426 g/mol. The van der Waals surface area contributed by atoms with Crippen LogP contribution in [0.15, 0.2) is 66.8 Å². The summed E-state index contributed by atoms with van der Waals surface area (Å²) in [6.45, 7) is 1.86. The summed E-state index contributed by atoms with van der Waals surface area (Å²) in [7, 11) is 1.39. The van der Waals surface area contributed by atoms with Crippen LogP contribution in [0.5, 0.6) is 0 Å². The number of allylic oxidation sites excluding steroid dienone is 4. The lowest BCUT2D eigenvalue weighted by Crippen LogP contribution is -2.34. The first-order chi connectivity index (χ1) is 15.7. The zero-order valence-electron chi connectivity index (χ0n) is 18.3. The van der Waals surface area contributed by atoms with E-state index in [0.717, 1.165) is 66.9 Å². The fourth-order valence-electron chi connectivity index (χ4n) is 4.64. The van der Waals surface area contributed by atoms with E-state index in [9.17, 15) is 4.79 Å². The highest BCUT2D eigenvalue weighted by atomic mass is 16.5. The Hall–Kier alpha value is -3.47. The van der Waals surface area contributed by atoms with Gasteiger partial charge in [-0.3, -0.25) is 0 Å². The Balaban J connectivity index is 1.51. The number of aromatic nitrogens is 2. The number of carbonyl (C=O) groups excluding carboxylic acids is 1. The van der Waals surface area contributed by atoms with Gasteiger partial charge in [0.1, 0.15) is 5.69 Å². The second-order valence-electron chi connectivity index (χ2n) is 8.40. The molecule has 5 heteroatoms. The molecule has 0 saturated carbocycles. The molecule has 162 valence electrons. The second-order valence-corrected chi connectivity index (χ2v) is 8.40. The molecule has 0 spiro atoms. The first-order valence-electron chi connectivity index (χ1n) is 11.3. The summed E-state index contributed by atoms with van der Waals surface area (Å²) >= 11 is 0. The van der Waals surface area contributed by atoms with Gasteiger partial charge in [0.2, 0.25) is 0 Å². The molecule has 2 aromatic carbocycles. The quantitative estimate of drug-likeness (QED) is 0.514. The van der Waals surface area contributed by atoms with Gasteiger partial charge in [0.05, 0.1) is 23.7 Å². The number of nitrogens with zero attached hydrogens (tertiary/aromatic N) is 3. The molecule has 1 fully saturated rings. The standard InChI is InChI=1S/C27H27N3O2/c1-32-27(31)22-12-13-23-24(18-22)29-26(25(28-23)21-10-6-3-7-11-21)30-16-14-20(15-17-30)19-8-4-2-5-9-19/h2,4-6,8-13,18,20H,3,7,14-17H2,1H3. The van der Waals surface area contributed by atoms with Crippen LogP contribution in [0.1, 0.15) is 53.2 Å². The highest BCUT2D eigenvalue weighted by Gasteiger charge is 2.25. The predicted molar refractivity (Wildman–Crippen MR) is 128 cm³/mol. The van der Waals surface area contributed by atoms with Crippen LogP contribution in [0.2, 0.25) is 0 Å². The Labute approximate surface area is 188 Å². The van der Waals surface area contributed by atoms with Crippen LogP contribution in [-0.4, -0.2) is 36.1 Å². The van der Waals surface area contributed by atoms with Gasteiger partial charge < -0.3 is 9.64 Å². The van der Waals surface area contributed by atoms with Crippen molar-refractivity contribution in [2.45, 2.75) is 31.6 Å². The number of methoxy groups -OCH3 is 1. The third kappa shape index (κ3) is 4.03. The summed E-state index contributed by atoms with van der Waals surface area (Å²) in [5.41, 5.74) is 5.47. The van der Waals surface area contributed by atoms with Crippen LogP contribution < -0.4 is 4.90 Å². The van der Waals surface area contributed by atoms with Gasteiger partial charge in [-0.25, -0.2) is 14.8 Å². The molecule has 32 heavy (non-hydrogen) atoms. The number of hydrogen-bond donors (Lipinski definition) is 0. The lowest BCUT2D eigenvalue weighted by molar-refractivity contribution is 0.0601. The van der Waals surface area contributed by atoms with Gasteiger partial charge in [-0.15, -0.1) is 0 Å². The maximum Gasteiger partial charge on any atom is 0.337 e. The molecule has 5 nitrogen and oxygen atoms in total. The smallest absolute Gasteiger partial charge is 0.337 e. The zero-order chi connectivity index (χ0) is 21.9. The van der Waals surface area contributed by atoms with Crippen molar-refractivity contribution in [1.82, 2.24) is 9.97 Å². The Morgan fingerprint density at radius 3 is 2.53 bits per heavy atom. The highest BCUT2D eigenvalue weighted by Crippen LogP contribution is 2.34. The monoisotopic (exact) mass is 425 g/mol. The Morgan fingerprint density at radius 2 is 1.81 bits per heavy atom. The Morgan fingerprint density at radius 1 is 1.00 bits per heavy atom. The molecule has 2 aliphatic rings. The van der Waals surface area contributed by atoms with Crippen molar-refractivity contribution in [1.29, 1.82) is 0 Å². The number of carbonyl (C=O) groups is 1. The van der Waals surface area contributed by atoms with E-state index in [-0.39, 0.29) is 5.97 Å². The van der Waals surface area contributed by atoms with Gasteiger partial charge in [-0.2, -0.15) is 0 Å². The molecular formula is C27H27N3O2. The maximum absolute atomic E-state index is 12.0. The van der Waals surface area contributed by atoms with E-state index < -0.39 is 0 Å². The maximum atomic E-state index is 12.0. The first-order valence-corrected chi connectivity index (χ1v) is 11.3. The van der Waals surface area contributed by atoms with Crippen molar-refractivity contribution in [3.05, 3.63) is 83.6 Å². The molecular weight excluding hydrogens is 398 g/mol. The summed E-state index contributed by atoms with van der Waals surface area (Å²) in [5.74, 6) is 1.12. The number of piperidine rings is 1. The Kier molecular flexibility index (Phi) is 5.71. The molecule has 1 aromatic heterocycles. The zero-order valence-corrected chi connectivity index (χ0v) is 18.3. The van der Waals surface area contributed by atoms with E-state index in [4.69, 9.17) is 14.7 Å². The summed E-state index contributed by atoms with van der Waals surface area (Å²) in [6, 6.07) is 16.2. The van der Waals surface area contributed by atoms with Crippen LogP contribution in [0.4, 0.5) is 5.82 Å². The number of hydrogen-bond acceptors (Lipinski definition) is 5. The van der Waals surface area contributed by atoms with Crippen LogP contribution in [0, 0.1) is 0 Å². The number of benzene rings is 2. The van der Waals surface area contributed by atoms with Crippen molar-refractivity contribution >= 4 is 28.4 Å². The van der Waals surface area contributed by atoms with Gasteiger partial charge in [0, 0.05) is 13.1 Å². The fraction of sp³-hybridized carbons (Fsp3) is 0.296. The lowest BCUT2D eigenvalue weighted by Gasteiger charge is -2.34. The third-order valence-corrected chi connectivity index (χ3v) is 6.40. The Bertz CT molecular complexity index is 1190. The third-order valence-electron chi connectivity index (χ3n) is 6.40. The minimum atomic E-state index is -0.360. The van der Waals surface area contributed by atoms with Crippen LogP contribution in [-0.2, 0) is 4.74 Å². The average Bonchev–Trinajstić information content (AvgIpc) is 2.88. The van der Waals surface area contributed by atoms with Gasteiger partial charge in [0.15, 0.2) is 5.82 Å². The first kappa shape index (κ1) is 20.4. The van der Waals surface area contributed by atoms with Gasteiger partial charge in [0.25, 0.3) is 0 Å². The van der Waals surface area contributed by atoms with E-state index in [1.165, 1.54) is 12.7 Å². The van der Waals surface area contributed by atoms with Gasteiger partial charge >= 0.3 is 5.97 Å². The van der Waals surface area contributed by atoms with Gasteiger partial charge in [-0.1, -0.05) is 48.6 Å². The lowest BCUT2D eigenvalue weighted by atomic mass is 9.89. The molecule has 1 aliphatic carbocycles. The topological polar surface area (TPSA) is 55.3 Å². The largest absolute Gasteiger partial charge is 0.465 e. The van der Waals surface area contributed by atoms with Crippen molar-refractivity contribution in [3.8, 4) is 0 Å². The molecule has 2 heterocycles. The van der Waals surface area contributed by atoms with Crippen molar-refractivity contribution in [2.75, 3.05) is 25.1 Å². The molecule has 0 bridgehead atoms.